The molecule has 102 valence electrons. The first kappa shape index (κ1) is 13.8. The third kappa shape index (κ3) is 4.88. The SMILES string of the molecule is C[NH+]1CC=C(NNC(=O)CSc2ncccn2)CC1. The van der Waals surface area contributed by atoms with Gasteiger partial charge in [-0.25, -0.2) is 9.97 Å². The van der Waals surface area contributed by atoms with Crippen LogP contribution in [0.5, 0.6) is 0 Å². The Hall–Kier alpha value is -1.60. The van der Waals surface area contributed by atoms with Crippen molar-refractivity contribution >= 4 is 17.7 Å². The van der Waals surface area contributed by atoms with Crippen LogP contribution in [-0.2, 0) is 4.79 Å². The molecule has 1 aromatic rings. The predicted octanol–water partition coefficient (Wildman–Crippen LogP) is -1.01. The molecule has 1 amide bonds. The molecule has 1 aliphatic heterocycles. The highest BCUT2D eigenvalue weighted by Crippen LogP contribution is 2.09. The normalized spacial score (nSPS) is 18.6. The topological polar surface area (TPSA) is 71.3 Å². The third-order valence-electron chi connectivity index (χ3n) is 2.75. The number of hydrogen-bond donors (Lipinski definition) is 3. The summed E-state index contributed by atoms with van der Waals surface area (Å²) in [5.74, 6) is 0.222. The maximum atomic E-state index is 11.6. The summed E-state index contributed by atoms with van der Waals surface area (Å²) in [6, 6.07) is 1.75. The summed E-state index contributed by atoms with van der Waals surface area (Å²) in [5, 5.41) is 0.611. The van der Waals surface area contributed by atoms with Gasteiger partial charge >= 0.3 is 0 Å². The van der Waals surface area contributed by atoms with Gasteiger partial charge in [-0.05, 0) is 12.1 Å². The Balaban J connectivity index is 1.68. The summed E-state index contributed by atoms with van der Waals surface area (Å²) in [6.45, 7) is 2.08. The maximum absolute atomic E-state index is 11.6. The van der Waals surface area contributed by atoms with Gasteiger partial charge in [-0.15, -0.1) is 0 Å². The minimum absolute atomic E-state index is 0.0790. The number of aromatic nitrogens is 2. The highest BCUT2D eigenvalue weighted by molar-refractivity contribution is 7.99. The zero-order valence-electron chi connectivity index (χ0n) is 10.8. The number of rotatable bonds is 5. The molecule has 7 heteroatoms. The van der Waals surface area contributed by atoms with Crippen LogP contribution in [0.2, 0.25) is 0 Å². The van der Waals surface area contributed by atoms with Crippen LogP contribution in [-0.4, -0.2) is 41.8 Å². The summed E-state index contributed by atoms with van der Waals surface area (Å²) < 4.78 is 0. The molecule has 0 radical (unpaired) electrons. The van der Waals surface area contributed by atoms with Crippen molar-refractivity contribution < 1.29 is 9.69 Å². The van der Waals surface area contributed by atoms with Gasteiger partial charge in [0.1, 0.15) is 0 Å². The summed E-state index contributed by atoms with van der Waals surface area (Å²) in [7, 11) is 2.16. The minimum atomic E-state index is -0.0790. The van der Waals surface area contributed by atoms with Crippen molar-refractivity contribution in [3.05, 3.63) is 30.2 Å². The maximum Gasteiger partial charge on any atom is 0.248 e. The van der Waals surface area contributed by atoms with E-state index in [1.807, 2.05) is 0 Å². The van der Waals surface area contributed by atoms with Crippen molar-refractivity contribution in [3.8, 4) is 0 Å². The fourth-order valence-electron chi connectivity index (χ4n) is 1.64. The van der Waals surface area contributed by atoms with Crippen molar-refractivity contribution in [3.63, 3.8) is 0 Å². The number of hydrogen-bond acceptors (Lipinski definition) is 5. The highest BCUT2D eigenvalue weighted by atomic mass is 32.2. The molecule has 6 nitrogen and oxygen atoms in total. The molecule has 0 saturated carbocycles. The Morgan fingerprint density at radius 1 is 1.47 bits per heavy atom. The Bertz CT molecular complexity index is 451. The predicted molar refractivity (Wildman–Crippen MR) is 73.4 cm³/mol. The standard InChI is InChI=1S/C12H17N5OS/c1-17-7-3-10(4-8-17)15-16-11(18)9-19-12-13-5-2-6-14-12/h2-3,5-6,15H,4,7-9H2,1H3,(H,16,18)/p+1. The zero-order chi connectivity index (χ0) is 13.5. The van der Waals surface area contributed by atoms with Crippen molar-refractivity contribution in [1.82, 2.24) is 20.8 Å². The Kier molecular flexibility index (Phi) is 5.17. The van der Waals surface area contributed by atoms with Gasteiger partial charge in [-0.2, -0.15) is 0 Å². The number of quaternary nitrogens is 1. The van der Waals surface area contributed by atoms with Crippen LogP contribution in [0, 0.1) is 0 Å². The average molecular weight is 280 g/mol. The van der Waals surface area contributed by atoms with Gasteiger partial charge < -0.3 is 10.3 Å². The van der Waals surface area contributed by atoms with E-state index in [9.17, 15) is 4.79 Å². The van der Waals surface area contributed by atoms with E-state index >= 15 is 0 Å². The van der Waals surface area contributed by atoms with Crippen LogP contribution in [0.1, 0.15) is 6.42 Å². The summed E-state index contributed by atoms with van der Waals surface area (Å²) >= 11 is 1.32. The van der Waals surface area contributed by atoms with E-state index in [1.165, 1.54) is 16.7 Å². The first-order chi connectivity index (χ1) is 9.24. The molecular weight excluding hydrogens is 262 g/mol. The fourth-order valence-corrected chi connectivity index (χ4v) is 2.24. The highest BCUT2D eigenvalue weighted by Gasteiger charge is 2.11. The lowest BCUT2D eigenvalue weighted by atomic mass is 10.2. The van der Waals surface area contributed by atoms with Gasteiger partial charge in [0, 0.05) is 24.5 Å². The zero-order valence-corrected chi connectivity index (χ0v) is 11.7. The molecule has 0 fully saturated rings. The molecule has 0 spiro atoms. The second-order valence-corrected chi connectivity index (χ2v) is 5.33. The van der Waals surface area contributed by atoms with Crippen molar-refractivity contribution in [1.29, 1.82) is 0 Å². The summed E-state index contributed by atoms with van der Waals surface area (Å²) in [5.41, 5.74) is 6.75. The molecule has 2 heterocycles. The molecule has 19 heavy (non-hydrogen) atoms. The number of likely N-dealkylation sites (N-methyl/N-ethyl adjacent to an activating group) is 1. The number of nitrogens with zero attached hydrogens (tertiary/aromatic N) is 2. The number of carbonyl (C=O) groups is 1. The lowest BCUT2D eigenvalue weighted by Crippen LogP contribution is -3.09. The van der Waals surface area contributed by atoms with E-state index in [1.54, 1.807) is 18.5 Å². The first-order valence-electron chi connectivity index (χ1n) is 6.19. The first-order valence-corrected chi connectivity index (χ1v) is 7.17. The number of nitrogens with one attached hydrogen (secondary N) is 3. The van der Waals surface area contributed by atoms with Crippen LogP contribution >= 0.6 is 11.8 Å². The van der Waals surface area contributed by atoms with Gasteiger partial charge in [0.25, 0.3) is 0 Å². The van der Waals surface area contributed by atoms with Crippen LogP contribution < -0.4 is 15.8 Å². The quantitative estimate of drug-likeness (QED) is 0.366. The van der Waals surface area contributed by atoms with Gasteiger partial charge in [-0.1, -0.05) is 11.8 Å². The summed E-state index contributed by atoms with van der Waals surface area (Å²) in [4.78, 5) is 21.2. The molecule has 0 saturated heterocycles. The van der Waals surface area contributed by atoms with Crippen molar-refractivity contribution in [2.75, 3.05) is 25.9 Å². The van der Waals surface area contributed by atoms with Gasteiger partial charge in [-0.3, -0.25) is 10.2 Å². The molecule has 0 aromatic carbocycles. The van der Waals surface area contributed by atoms with E-state index in [4.69, 9.17) is 0 Å². The molecule has 3 N–H and O–H groups in total. The summed E-state index contributed by atoms with van der Waals surface area (Å²) in [6.07, 6.45) is 6.40. The Morgan fingerprint density at radius 3 is 2.95 bits per heavy atom. The Labute approximate surface area is 116 Å². The van der Waals surface area contributed by atoms with Crippen molar-refractivity contribution in [2.45, 2.75) is 11.6 Å². The molecular formula is C12H18N5OS+. The lowest BCUT2D eigenvalue weighted by molar-refractivity contribution is -0.875. The van der Waals surface area contributed by atoms with Gasteiger partial charge in [0.2, 0.25) is 5.91 Å². The number of carbonyl (C=O) groups excluding carboxylic acids is 1. The molecule has 1 aliphatic rings. The largest absolute Gasteiger partial charge is 0.334 e. The van der Waals surface area contributed by atoms with Crippen molar-refractivity contribution in [2.24, 2.45) is 0 Å². The van der Waals surface area contributed by atoms with Crippen LogP contribution in [0.4, 0.5) is 0 Å². The number of amides is 1. The monoisotopic (exact) mass is 280 g/mol. The van der Waals surface area contributed by atoms with E-state index in [-0.39, 0.29) is 5.91 Å². The molecule has 0 aliphatic carbocycles. The second kappa shape index (κ2) is 7.10. The average Bonchev–Trinajstić information content (AvgIpc) is 2.45. The molecule has 0 bridgehead atoms. The fraction of sp³-hybridized carbons (Fsp3) is 0.417. The van der Waals surface area contributed by atoms with E-state index in [0.717, 1.165) is 25.2 Å². The van der Waals surface area contributed by atoms with E-state index in [0.29, 0.717) is 10.9 Å². The van der Waals surface area contributed by atoms with E-state index in [2.05, 4.69) is 33.9 Å². The Morgan fingerprint density at radius 2 is 2.26 bits per heavy atom. The third-order valence-corrected chi connectivity index (χ3v) is 3.63. The number of hydrazine groups is 1. The smallest absolute Gasteiger partial charge is 0.248 e. The molecule has 2 rings (SSSR count). The van der Waals surface area contributed by atoms with Crippen LogP contribution in [0.3, 0.4) is 0 Å². The van der Waals surface area contributed by atoms with E-state index < -0.39 is 0 Å². The van der Waals surface area contributed by atoms with Gasteiger partial charge in [0.15, 0.2) is 5.16 Å². The molecule has 1 atom stereocenters. The molecule has 1 aromatic heterocycles. The number of thioether (sulfide) groups is 1. The second-order valence-electron chi connectivity index (χ2n) is 4.38. The lowest BCUT2D eigenvalue weighted by Gasteiger charge is -2.20. The van der Waals surface area contributed by atoms with Crippen LogP contribution in [0.15, 0.2) is 35.4 Å². The van der Waals surface area contributed by atoms with Gasteiger partial charge in [0.05, 0.1) is 25.9 Å². The minimum Gasteiger partial charge on any atom is -0.334 e. The van der Waals surface area contributed by atoms with Crippen LogP contribution in [0.25, 0.3) is 0 Å². The molecule has 1 unspecified atom stereocenters.